The van der Waals surface area contributed by atoms with Crippen molar-refractivity contribution in [2.24, 2.45) is 5.41 Å². The van der Waals surface area contributed by atoms with Gasteiger partial charge in [-0.25, -0.2) is 0 Å². The third-order valence-corrected chi connectivity index (χ3v) is 3.70. The minimum Gasteiger partial charge on any atom is -0.497 e. The number of hydrogen-bond acceptors (Lipinski definition) is 3. The molecule has 0 bridgehead atoms. The van der Waals surface area contributed by atoms with Crippen molar-refractivity contribution in [3.8, 4) is 11.8 Å². The van der Waals surface area contributed by atoms with Gasteiger partial charge >= 0.3 is 0 Å². The van der Waals surface area contributed by atoms with E-state index in [1.165, 1.54) is 0 Å². The third-order valence-electron chi connectivity index (χ3n) is 3.70. The number of aliphatic hydroxyl groups is 1. The summed E-state index contributed by atoms with van der Waals surface area (Å²) in [5.41, 5.74) is -0.458. The predicted octanol–water partition coefficient (Wildman–Crippen LogP) is 2.29. The Bertz CT molecular complexity index is 438. The number of ether oxygens (including phenoxy) is 1. The second kappa shape index (κ2) is 4.05. The van der Waals surface area contributed by atoms with Crippen LogP contribution >= 0.6 is 0 Å². The average molecular weight is 231 g/mol. The number of rotatable bonds is 4. The maximum atomic E-state index is 10.4. The zero-order chi connectivity index (χ0) is 12.5. The van der Waals surface area contributed by atoms with E-state index in [-0.39, 0.29) is 0 Å². The van der Waals surface area contributed by atoms with Crippen LogP contribution in [0.1, 0.15) is 25.3 Å². The third kappa shape index (κ3) is 2.13. The van der Waals surface area contributed by atoms with Crippen LogP contribution in [0, 0.1) is 16.7 Å². The van der Waals surface area contributed by atoms with E-state index >= 15 is 0 Å². The summed E-state index contributed by atoms with van der Waals surface area (Å²) in [7, 11) is 1.63. The molecular formula is C14H17NO2. The minimum absolute atomic E-state index is 0.505. The molecule has 17 heavy (non-hydrogen) atoms. The SMILES string of the molecule is COc1ccc(CC(C)(O)C2(C#N)CC2)cc1. The van der Waals surface area contributed by atoms with E-state index in [0.717, 1.165) is 24.2 Å². The monoisotopic (exact) mass is 231 g/mol. The predicted molar refractivity (Wildman–Crippen MR) is 64.6 cm³/mol. The Balaban J connectivity index is 2.12. The van der Waals surface area contributed by atoms with Crippen molar-refractivity contribution in [1.29, 1.82) is 5.26 Å². The van der Waals surface area contributed by atoms with E-state index in [0.29, 0.717) is 6.42 Å². The van der Waals surface area contributed by atoms with Crippen molar-refractivity contribution in [2.45, 2.75) is 31.8 Å². The molecule has 3 heteroatoms. The lowest BCUT2D eigenvalue weighted by Gasteiger charge is -2.28. The highest BCUT2D eigenvalue weighted by atomic mass is 16.5. The van der Waals surface area contributed by atoms with Gasteiger partial charge in [-0.05, 0) is 37.5 Å². The van der Waals surface area contributed by atoms with Gasteiger partial charge in [0, 0.05) is 6.42 Å². The van der Waals surface area contributed by atoms with Crippen molar-refractivity contribution in [2.75, 3.05) is 7.11 Å². The minimum atomic E-state index is -0.948. The molecule has 0 aliphatic heterocycles. The molecule has 1 fully saturated rings. The van der Waals surface area contributed by atoms with Gasteiger partial charge in [0.15, 0.2) is 0 Å². The van der Waals surface area contributed by atoms with E-state index < -0.39 is 11.0 Å². The highest BCUT2D eigenvalue weighted by molar-refractivity contribution is 5.30. The average Bonchev–Trinajstić information content (AvgIpc) is 3.11. The molecular weight excluding hydrogens is 214 g/mol. The number of hydrogen-bond donors (Lipinski definition) is 1. The van der Waals surface area contributed by atoms with Gasteiger partial charge in [0.1, 0.15) is 5.75 Å². The largest absolute Gasteiger partial charge is 0.497 e. The molecule has 0 heterocycles. The molecule has 1 aromatic carbocycles. The standard InChI is InChI=1S/C14H17NO2/c1-13(16,14(10-15)7-8-14)9-11-3-5-12(17-2)6-4-11/h3-6,16H,7-9H2,1-2H3. The van der Waals surface area contributed by atoms with Gasteiger partial charge in [0.25, 0.3) is 0 Å². The Kier molecular flexibility index (Phi) is 2.84. The first-order valence-electron chi connectivity index (χ1n) is 5.80. The van der Waals surface area contributed by atoms with Gasteiger partial charge in [-0.2, -0.15) is 5.26 Å². The fraction of sp³-hybridized carbons (Fsp3) is 0.500. The molecule has 0 amide bonds. The van der Waals surface area contributed by atoms with Gasteiger partial charge in [0.2, 0.25) is 0 Å². The second-order valence-electron chi connectivity index (χ2n) is 4.99. The first kappa shape index (κ1) is 11.9. The summed E-state index contributed by atoms with van der Waals surface area (Å²) in [5, 5.41) is 19.6. The zero-order valence-corrected chi connectivity index (χ0v) is 10.2. The molecule has 0 spiro atoms. The smallest absolute Gasteiger partial charge is 0.118 e. The van der Waals surface area contributed by atoms with Gasteiger partial charge in [0.05, 0.1) is 24.2 Å². The lowest BCUT2D eigenvalue weighted by molar-refractivity contribution is 0.00920. The lowest BCUT2D eigenvalue weighted by Crippen LogP contribution is -2.37. The summed E-state index contributed by atoms with van der Waals surface area (Å²) < 4.78 is 5.09. The van der Waals surface area contributed by atoms with E-state index in [2.05, 4.69) is 6.07 Å². The molecule has 1 aliphatic rings. The number of nitriles is 1. The second-order valence-corrected chi connectivity index (χ2v) is 4.99. The molecule has 1 aromatic rings. The first-order chi connectivity index (χ1) is 8.03. The van der Waals surface area contributed by atoms with E-state index in [9.17, 15) is 5.11 Å². The van der Waals surface area contributed by atoms with Gasteiger partial charge < -0.3 is 9.84 Å². The Hall–Kier alpha value is -1.53. The Morgan fingerprint density at radius 2 is 2.00 bits per heavy atom. The molecule has 3 nitrogen and oxygen atoms in total. The lowest BCUT2D eigenvalue weighted by atomic mass is 9.82. The van der Waals surface area contributed by atoms with Crippen LogP contribution in [-0.4, -0.2) is 17.8 Å². The number of nitrogens with zero attached hydrogens (tertiary/aromatic N) is 1. The van der Waals surface area contributed by atoms with Gasteiger partial charge in [-0.1, -0.05) is 12.1 Å². The van der Waals surface area contributed by atoms with Crippen LogP contribution in [0.3, 0.4) is 0 Å². The van der Waals surface area contributed by atoms with E-state index in [4.69, 9.17) is 10.00 Å². The van der Waals surface area contributed by atoms with Gasteiger partial charge in [-0.15, -0.1) is 0 Å². The van der Waals surface area contributed by atoms with Gasteiger partial charge in [-0.3, -0.25) is 0 Å². The highest BCUT2D eigenvalue weighted by Gasteiger charge is 2.56. The van der Waals surface area contributed by atoms with Crippen molar-refractivity contribution in [3.05, 3.63) is 29.8 Å². The normalized spacial score (nSPS) is 20.1. The molecule has 1 N–H and O–H groups in total. The Morgan fingerprint density at radius 1 is 1.41 bits per heavy atom. The molecule has 90 valence electrons. The molecule has 1 saturated carbocycles. The summed E-state index contributed by atoms with van der Waals surface area (Å²) in [6.45, 7) is 1.76. The molecule has 0 saturated heterocycles. The fourth-order valence-corrected chi connectivity index (χ4v) is 2.21. The first-order valence-corrected chi connectivity index (χ1v) is 5.80. The van der Waals surface area contributed by atoms with Crippen molar-refractivity contribution in [1.82, 2.24) is 0 Å². The van der Waals surface area contributed by atoms with Crippen LogP contribution in [0.25, 0.3) is 0 Å². The molecule has 0 radical (unpaired) electrons. The summed E-state index contributed by atoms with van der Waals surface area (Å²) in [6, 6.07) is 9.87. The molecule has 1 aliphatic carbocycles. The summed E-state index contributed by atoms with van der Waals surface area (Å²) in [4.78, 5) is 0. The van der Waals surface area contributed by atoms with Crippen molar-refractivity contribution < 1.29 is 9.84 Å². The number of methoxy groups -OCH3 is 1. The van der Waals surface area contributed by atoms with Crippen molar-refractivity contribution in [3.63, 3.8) is 0 Å². The summed E-state index contributed by atoms with van der Waals surface area (Å²) in [6.07, 6.45) is 2.10. The number of benzene rings is 1. The van der Waals surface area contributed by atoms with Crippen LogP contribution in [0.15, 0.2) is 24.3 Å². The van der Waals surface area contributed by atoms with E-state index in [1.54, 1.807) is 14.0 Å². The summed E-state index contributed by atoms with van der Waals surface area (Å²) in [5.74, 6) is 0.801. The topological polar surface area (TPSA) is 53.2 Å². The van der Waals surface area contributed by atoms with Crippen LogP contribution in [0.5, 0.6) is 5.75 Å². The van der Waals surface area contributed by atoms with Crippen molar-refractivity contribution >= 4 is 0 Å². The van der Waals surface area contributed by atoms with Crippen LogP contribution < -0.4 is 4.74 Å². The Labute approximate surface area is 102 Å². The maximum Gasteiger partial charge on any atom is 0.118 e. The quantitative estimate of drug-likeness (QED) is 0.865. The van der Waals surface area contributed by atoms with Crippen LogP contribution in [-0.2, 0) is 6.42 Å². The Morgan fingerprint density at radius 3 is 2.41 bits per heavy atom. The fourth-order valence-electron chi connectivity index (χ4n) is 2.21. The molecule has 1 atom stereocenters. The molecule has 2 rings (SSSR count). The summed E-state index contributed by atoms with van der Waals surface area (Å²) >= 11 is 0. The highest BCUT2D eigenvalue weighted by Crippen LogP contribution is 2.54. The zero-order valence-electron chi connectivity index (χ0n) is 10.2. The maximum absolute atomic E-state index is 10.4. The van der Waals surface area contributed by atoms with E-state index in [1.807, 2.05) is 24.3 Å². The van der Waals surface area contributed by atoms with Crippen LogP contribution in [0.2, 0.25) is 0 Å². The van der Waals surface area contributed by atoms with Crippen LogP contribution in [0.4, 0.5) is 0 Å². The molecule has 0 aromatic heterocycles. The molecule has 1 unspecified atom stereocenters.